The van der Waals surface area contributed by atoms with Gasteiger partial charge in [-0.1, -0.05) is 17.7 Å². The molecule has 0 saturated carbocycles. The first-order chi connectivity index (χ1) is 10.0. The Labute approximate surface area is 134 Å². The van der Waals surface area contributed by atoms with Gasteiger partial charge in [0.05, 0.1) is 30.4 Å². The van der Waals surface area contributed by atoms with E-state index in [0.717, 1.165) is 0 Å². The lowest BCUT2D eigenvalue weighted by Gasteiger charge is -2.13. The second-order valence-corrected chi connectivity index (χ2v) is 5.29. The number of benzene rings is 2. The third-order valence-corrected chi connectivity index (χ3v) is 3.99. The highest BCUT2D eigenvalue weighted by atomic mass is 79.9. The number of halogens is 3. The Hall–Kier alpha value is -1.59. The first kappa shape index (κ1) is 15.8. The molecule has 2 aromatic carbocycles. The van der Waals surface area contributed by atoms with Crippen molar-refractivity contribution in [2.24, 2.45) is 0 Å². The minimum absolute atomic E-state index is 0.0500. The molecule has 0 aliphatic heterocycles. The number of hydrogen-bond acceptors (Lipinski definition) is 3. The number of rotatable bonds is 4. The summed E-state index contributed by atoms with van der Waals surface area (Å²) in [4.78, 5) is 12.6. The number of methoxy groups -OCH3 is 2. The molecule has 0 saturated heterocycles. The van der Waals surface area contributed by atoms with E-state index in [1.165, 1.54) is 38.5 Å². The van der Waals surface area contributed by atoms with E-state index >= 15 is 0 Å². The summed E-state index contributed by atoms with van der Waals surface area (Å²) in [5, 5.41) is 0.0500. The van der Waals surface area contributed by atoms with E-state index in [1.807, 2.05) is 0 Å². The summed E-state index contributed by atoms with van der Waals surface area (Å²) in [5.41, 5.74) is 0.00621. The molecule has 0 bridgehead atoms. The molecule has 0 N–H and O–H groups in total. The van der Waals surface area contributed by atoms with Crippen LogP contribution in [0.5, 0.6) is 11.5 Å². The third kappa shape index (κ3) is 2.89. The largest absolute Gasteiger partial charge is 0.495 e. The molecule has 2 aromatic rings. The molecule has 0 aliphatic carbocycles. The molecule has 0 amide bonds. The SMILES string of the molecule is COc1ccc(C(=O)c2c(F)cccc2Cl)c(OC)c1Br. The van der Waals surface area contributed by atoms with Crippen molar-refractivity contribution >= 4 is 33.3 Å². The van der Waals surface area contributed by atoms with E-state index < -0.39 is 11.6 Å². The smallest absolute Gasteiger partial charge is 0.201 e. The fourth-order valence-electron chi connectivity index (χ4n) is 1.92. The molecule has 0 aliphatic rings. The number of carbonyl (C=O) groups excluding carboxylic acids is 1. The van der Waals surface area contributed by atoms with Crippen LogP contribution in [0, 0.1) is 5.82 Å². The fraction of sp³-hybridized carbons (Fsp3) is 0.133. The summed E-state index contributed by atoms with van der Waals surface area (Å²) in [5.74, 6) is -0.471. The molecule has 0 spiro atoms. The zero-order chi connectivity index (χ0) is 15.6. The minimum atomic E-state index is -0.679. The van der Waals surface area contributed by atoms with Crippen molar-refractivity contribution in [1.29, 1.82) is 0 Å². The lowest BCUT2D eigenvalue weighted by Crippen LogP contribution is -2.08. The summed E-state index contributed by atoms with van der Waals surface area (Å²) in [6.07, 6.45) is 0. The van der Waals surface area contributed by atoms with Gasteiger partial charge in [0, 0.05) is 0 Å². The van der Waals surface area contributed by atoms with Crippen molar-refractivity contribution in [3.8, 4) is 11.5 Å². The van der Waals surface area contributed by atoms with Crippen LogP contribution in [0.25, 0.3) is 0 Å². The van der Waals surface area contributed by atoms with Gasteiger partial charge in [0.25, 0.3) is 0 Å². The normalized spacial score (nSPS) is 10.3. The van der Waals surface area contributed by atoms with E-state index in [-0.39, 0.29) is 21.9 Å². The van der Waals surface area contributed by atoms with E-state index in [1.54, 1.807) is 6.07 Å². The van der Waals surface area contributed by atoms with E-state index in [4.69, 9.17) is 21.1 Å². The molecule has 2 rings (SSSR count). The van der Waals surface area contributed by atoms with Crippen molar-refractivity contribution in [3.05, 3.63) is 56.8 Å². The van der Waals surface area contributed by atoms with Gasteiger partial charge in [0.2, 0.25) is 5.78 Å². The molecule has 6 heteroatoms. The molecule has 3 nitrogen and oxygen atoms in total. The Morgan fingerprint density at radius 2 is 1.90 bits per heavy atom. The van der Waals surface area contributed by atoms with Crippen molar-refractivity contribution in [2.45, 2.75) is 0 Å². The first-order valence-corrected chi connectivity index (χ1v) is 7.07. The monoisotopic (exact) mass is 372 g/mol. The highest BCUT2D eigenvalue weighted by molar-refractivity contribution is 9.10. The number of carbonyl (C=O) groups is 1. The minimum Gasteiger partial charge on any atom is -0.495 e. The van der Waals surface area contributed by atoms with Gasteiger partial charge in [-0.2, -0.15) is 0 Å². The van der Waals surface area contributed by atoms with Gasteiger partial charge in [-0.3, -0.25) is 4.79 Å². The van der Waals surface area contributed by atoms with Crippen molar-refractivity contribution in [3.63, 3.8) is 0 Å². The third-order valence-electron chi connectivity index (χ3n) is 2.92. The quantitative estimate of drug-likeness (QED) is 0.741. The predicted molar refractivity (Wildman–Crippen MR) is 82.1 cm³/mol. The van der Waals surface area contributed by atoms with Crippen LogP contribution >= 0.6 is 27.5 Å². The standard InChI is InChI=1S/C15H11BrClFO3/c1-20-11-7-6-8(15(21-2)13(11)16)14(19)12-9(17)4-3-5-10(12)18/h3-7H,1-2H3. The molecular weight excluding hydrogens is 363 g/mol. The predicted octanol–water partition coefficient (Wildman–Crippen LogP) is 4.49. The van der Waals surface area contributed by atoms with E-state index in [9.17, 15) is 9.18 Å². The van der Waals surface area contributed by atoms with Crippen molar-refractivity contribution in [2.75, 3.05) is 14.2 Å². The maximum absolute atomic E-state index is 13.9. The topological polar surface area (TPSA) is 35.5 Å². The van der Waals surface area contributed by atoms with Crippen LogP contribution in [-0.4, -0.2) is 20.0 Å². The van der Waals surface area contributed by atoms with Gasteiger partial charge in [0.15, 0.2) is 0 Å². The number of ether oxygens (including phenoxy) is 2. The lowest BCUT2D eigenvalue weighted by molar-refractivity contribution is 0.103. The molecule has 0 fully saturated rings. The van der Waals surface area contributed by atoms with Crippen LogP contribution < -0.4 is 9.47 Å². The molecule has 0 aromatic heterocycles. The fourth-order valence-corrected chi connectivity index (χ4v) is 2.84. The van der Waals surface area contributed by atoms with Gasteiger partial charge >= 0.3 is 0 Å². The molecule has 0 heterocycles. The molecule has 0 radical (unpaired) electrons. The maximum atomic E-state index is 13.9. The molecule has 0 unspecified atom stereocenters. The Balaban J connectivity index is 2.62. The Morgan fingerprint density at radius 3 is 2.48 bits per heavy atom. The zero-order valence-corrected chi connectivity index (χ0v) is 13.6. The molecule has 21 heavy (non-hydrogen) atoms. The first-order valence-electron chi connectivity index (χ1n) is 5.90. The van der Waals surface area contributed by atoms with Gasteiger partial charge in [-0.25, -0.2) is 4.39 Å². The average Bonchev–Trinajstić information content (AvgIpc) is 2.46. The highest BCUT2D eigenvalue weighted by Gasteiger charge is 2.23. The Morgan fingerprint density at radius 1 is 1.19 bits per heavy atom. The van der Waals surface area contributed by atoms with Crippen molar-refractivity contribution in [1.82, 2.24) is 0 Å². The van der Waals surface area contributed by atoms with Crippen LogP contribution in [0.1, 0.15) is 15.9 Å². The van der Waals surface area contributed by atoms with Gasteiger partial charge < -0.3 is 9.47 Å². The van der Waals surface area contributed by atoms with Crippen molar-refractivity contribution < 1.29 is 18.7 Å². The van der Waals surface area contributed by atoms with E-state index in [0.29, 0.717) is 10.2 Å². The molecule has 0 atom stereocenters. The number of hydrogen-bond donors (Lipinski definition) is 0. The Bertz CT molecular complexity index is 683. The van der Waals surface area contributed by atoms with Crippen LogP contribution in [0.2, 0.25) is 5.02 Å². The molecular formula is C15H11BrClFO3. The summed E-state index contributed by atoms with van der Waals surface area (Å²) in [6.45, 7) is 0. The van der Waals surface area contributed by atoms with Crippen LogP contribution in [0.4, 0.5) is 4.39 Å². The molecule has 110 valence electrons. The lowest BCUT2D eigenvalue weighted by atomic mass is 10.0. The van der Waals surface area contributed by atoms with Gasteiger partial charge in [-0.05, 0) is 40.2 Å². The second kappa shape index (κ2) is 6.45. The zero-order valence-electron chi connectivity index (χ0n) is 11.2. The van der Waals surface area contributed by atoms with Crippen LogP contribution in [0.3, 0.4) is 0 Å². The Kier molecular flexibility index (Phi) is 4.85. The summed E-state index contributed by atoms with van der Waals surface area (Å²) in [7, 11) is 2.91. The highest BCUT2D eigenvalue weighted by Crippen LogP contribution is 2.38. The average molecular weight is 374 g/mol. The van der Waals surface area contributed by atoms with Crippen LogP contribution in [0.15, 0.2) is 34.8 Å². The van der Waals surface area contributed by atoms with Gasteiger partial charge in [0.1, 0.15) is 21.8 Å². The summed E-state index contributed by atoms with van der Waals surface area (Å²) < 4.78 is 24.7. The van der Waals surface area contributed by atoms with E-state index in [2.05, 4.69) is 15.9 Å². The summed E-state index contributed by atoms with van der Waals surface area (Å²) in [6, 6.07) is 7.19. The van der Waals surface area contributed by atoms with Gasteiger partial charge in [-0.15, -0.1) is 0 Å². The van der Waals surface area contributed by atoms with Crippen LogP contribution in [-0.2, 0) is 0 Å². The number of ketones is 1. The maximum Gasteiger partial charge on any atom is 0.201 e. The second-order valence-electron chi connectivity index (χ2n) is 4.09. The summed E-state index contributed by atoms with van der Waals surface area (Å²) >= 11 is 9.23.